The fourth-order valence-corrected chi connectivity index (χ4v) is 2.79. The molecule has 0 fully saturated rings. The van der Waals surface area contributed by atoms with Crippen LogP contribution in [0.25, 0.3) is 0 Å². The lowest BCUT2D eigenvalue weighted by atomic mass is 10.2. The Morgan fingerprint density at radius 2 is 1.56 bits per heavy atom. The SMILES string of the molecule is Cc1ccc(S(=O)(=O)N(C)c2cc[c]cc2)cc1. The van der Waals surface area contributed by atoms with Crippen molar-refractivity contribution < 1.29 is 8.42 Å². The lowest BCUT2D eigenvalue weighted by Gasteiger charge is -2.19. The highest BCUT2D eigenvalue weighted by atomic mass is 32.2. The van der Waals surface area contributed by atoms with E-state index in [2.05, 4.69) is 6.07 Å². The van der Waals surface area contributed by atoms with Crippen LogP contribution in [-0.2, 0) is 10.0 Å². The van der Waals surface area contributed by atoms with Crippen molar-refractivity contribution in [1.82, 2.24) is 0 Å². The Labute approximate surface area is 108 Å². The molecule has 2 aromatic rings. The Bertz CT molecular complexity index is 619. The largest absolute Gasteiger partial charge is 0.269 e. The highest BCUT2D eigenvalue weighted by Crippen LogP contribution is 2.21. The summed E-state index contributed by atoms with van der Waals surface area (Å²) >= 11 is 0. The predicted octanol–water partition coefficient (Wildman–Crippen LogP) is 2.62. The Kier molecular flexibility index (Phi) is 3.39. The van der Waals surface area contributed by atoms with Crippen LogP contribution in [0.4, 0.5) is 5.69 Å². The van der Waals surface area contributed by atoms with Gasteiger partial charge in [-0.1, -0.05) is 29.8 Å². The van der Waals surface area contributed by atoms with Crippen molar-refractivity contribution in [1.29, 1.82) is 0 Å². The zero-order chi connectivity index (χ0) is 13.2. The van der Waals surface area contributed by atoms with Gasteiger partial charge in [0.1, 0.15) is 0 Å². The summed E-state index contributed by atoms with van der Waals surface area (Å²) in [6.07, 6.45) is 0. The fraction of sp³-hybridized carbons (Fsp3) is 0.143. The molecule has 0 aromatic heterocycles. The van der Waals surface area contributed by atoms with E-state index in [1.807, 2.05) is 6.92 Å². The molecule has 0 saturated heterocycles. The molecule has 3 nitrogen and oxygen atoms in total. The van der Waals surface area contributed by atoms with Crippen LogP contribution in [0.2, 0.25) is 0 Å². The summed E-state index contributed by atoms with van der Waals surface area (Å²) in [6, 6.07) is 16.5. The average molecular weight is 260 g/mol. The van der Waals surface area contributed by atoms with E-state index in [-0.39, 0.29) is 0 Å². The van der Waals surface area contributed by atoms with Gasteiger partial charge in [-0.2, -0.15) is 0 Å². The van der Waals surface area contributed by atoms with E-state index >= 15 is 0 Å². The molecule has 18 heavy (non-hydrogen) atoms. The number of hydrogen-bond acceptors (Lipinski definition) is 2. The second-order valence-corrected chi connectivity index (χ2v) is 6.01. The van der Waals surface area contributed by atoms with Crippen molar-refractivity contribution in [3.63, 3.8) is 0 Å². The molecular formula is C14H14NO2S. The van der Waals surface area contributed by atoms with Crippen LogP contribution >= 0.6 is 0 Å². The van der Waals surface area contributed by atoms with Gasteiger partial charge in [0.15, 0.2) is 0 Å². The molecule has 0 aliphatic carbocycles. The lowest BCUT2D eigenvalue weighted by Crippen LogP contribution is -2.26. The molecule has 0 atom stereocenters. The summed E-state index contributed by atoms with van der Waals surface area (Å²) in [5.74, 6) is 0. The molecule has 2 aromatic carbocycles. The molecule has 93 valence electrons. The molecule has 1 radical (unpaired) electrons. The molecular weight excluding hydrogens is 246 g/mol. The first kappa shape index (κ1) is 12.6. The second-order valence-electron chi connectivity index (χ2n) is 4.04. The summed E-state index contributed by atoms with van der Waals surface area (Å²) in [6.45, 7) is 1.92. The van der Waals surface area contributed by atoms with Gasteiger partial charge in [0.05, 0.1) is 10.6 Å². The van der Waals surface area contributed by atoms with Crippen LogP contribution in [-0.4, -0.2) is 15.5 Å². The van der Waals surface area contributed by atoms with Gasteiger partial charge in [-0.3, -0.25) is 4.31 Å². The first-order chi connectivity index (χ1) is 8.51. The third kappa shape index (κ3) is 2.38. The van der Waals surface area contributed by atoms with Crippen molar-refractivity contribution in [2.75, 3.05) is 11.4 Å². The maximum atomic E-state index is 12.4. The van der Waals surface area contributed by atoms with E-state index < -0.39 is 10.0 Å². The minimum absolute atomic E-state index is 0.295. The van der Waals surface area contributed by atoms with Crippen molar-refractivity contribution >= 4 is 15.7 Å². The Morgan fingerprint density at radius 1 is 1.00 bits per heavy atom. The third-order valence-electron chi connectivity index (χ3n) is 2.74. The van der Waals surface area contributed by atoms with Crippen LogP contribution in [0.1, 0.15) is 5.56 Å². The molecule has 0 heterocycles. The molecule has 0 bridgehead atoms. The van der Waals surface area contributed by atoms with E-state index in [0.29, 0.717) is 10.6 Å². The molecule has 0 saturated carbocycles. The number of anilines is 1. The Balaban J connectivity index is 2.40. The molecule has 0 amide bonds. The zero-order valence-corrected chi connectivity index (χ0v) is 11.1. The Morgan fingerprint density at radius 3 is 2.11 bits per heavy atom. The normalized spacial score (nSPS) is 11.2. The summed E-state index contributed by atoms with van der Waals surface area (Å²) in [5.41, 5.74) is 1.65. The highest BCUT2D eigenvalue weighted by Gasteiger charge is 2.20. The van der Waals surface area contributed by atoms with Gasteiger partial charge in [0.2, 0.25) is 0 Å². The summed E-state index contributed by atoms with van der Waals surface area (Å²) in [7, 11) is -1.94. The van der Waals surface area contributed by atoms with Crippen molar-refractivity contribution in [2.45, 2.75) is 11.8 Å². The molecule has 4 heteroatoms. The standard InChI is InChI=1S/C14H14NO2S/c1-12-8-10-14(11-9-12)18(16,17)15(2)13-6-4-3-5-7-13/h4-11H,1-2H3. The number of sulfonamides is 1. The van der Waals surface area contributed by atoms with Crippen molar-refractivity contribution in [3.05, 3.63) is 60.2 Å². The second kappa shape index (κ2) is 4.82. The summed E-state index contributed by atoms with van der Waals surface area (Å²) in [4.78, 5) is 0.295. The average Bonchev–Trinajstić information content (AvgIpc) is 2.39. The van der Waals surface area contributed by atoms with Gasteiger partial charge in [0.25, 0.3) is 10.0 Å². The molecule has 0 spiro atoms. The molecule has 0 aliphatic rings. The van der Waals surface area contributed by atoms with Gasteiger partial charge < -0.3 is 0 Å². The number of nitrogens with zero attached hydrogens (tertiary/aromatic N) is 1. The zero-order valence-electron chi connectivity index (χ0n) is 10.3. The van der Waals surface area contributed by atoms with E-state index in [4.69, 9.17) is 0 Å². The van der Waals surface area contributed by atoms with Gasteiger partial charge in [-0.25, -0.2) is 8.42 Å². The van der Waals surface area contributed by atoms with E-state index in [9.17, 15) is 8.42 Å². The molecule has 0 aliphatic heterocycles. The third-order valence-corrected chi connectivity index (χ3v) is 4.54. The molecule has 0 N–H and O–H groups in total. The van der Waals surface area contributed by atoms with Crippen LogP contribution in [0, 0.1) is 13.0 Å². The highest BCUT2D eigenvalue weighted by molar-refractivity contribution is 7.92. The van der Waals surface area contributed by atoms with Gasteiger partial charge in [0, 0.05) is 7.05 Å². The number of rotatable bonds is 3. The van der Waals surface area contributed by atoms with Crippen LogP contribution in [0.15, 0.2) is 53.4 Å². The number of benzene rings is 2. The minimum Gasteiger partial charge on any atom is -0.269 e. The summed E-state index contributed by atoms with van der Waals surface area (Å²) in [5, 5.41) is 0. The lowest BCUT2D eigenvalue weighted by molar-refractivity contribution is 0.594. The van der Waals surface area contributed by atoms with E-state index in [1.165, 1.54) is 4.31 Å². The molecule has 2 rings (SSSR count). The van der Waals surface area contributed by atoms with Crippen LogP contribution in [0.5, 0.6) is 0 Å². The first-order valence-electron chi connectivity index (χ1n) is 5.53. The van der Waals surface area contributed by atoms with E-state index in [0.717, 1.165) is 5.56 Å². The Hall–Kier alpha value is -1.81. The number of aryl methyl sites for hydroxylation is 1. The quantitative estimate of drug-likeness (QED) is 0.850. The van der Waals surface area contributed by atoms with Crippen LogP contribution in [0.3, 0.4) is 0 Å². The van der Waals surface area contributed by atoms with Crippen molar-refractivity contribution in [2.24, 2.45) is 0 Å². The van der Waals surface area contributed by atoms with Gasteiger partial charge in [-0.05, 0) is 37.3 Å². The molecule has 0 unspecified atom stereocenters. The van der Waals surface area contributed by atoms with Gasteiger partial charge in [-0.15, -0.1) is 0 Å². The maximum absolute atomic E-state index is 12.4. The predicted molar refractivity (Wildman–Crippen MR) is 72.0 cm³/mol. The first-order valence-corrected chi connectivity index (χ1v) is 6.97. The minimum atomic E-state index is -3.49. The summed E-state index contributed by atoms with van der Waals surface area (Å²) < 4.78 is 26.0. The topological polar surface area (TPSA) is 37.4 Å². The van der Waals surface area contributed by atoms with Crippen molar-refractivity contribution in [3.8, 4) is 0 Å². The number of hydrogen-bond donors (Lipinski definition) is 0. The fourth-order valence-electron chi connectivity index (χ4n) is 1.60. The van der Waals surface area contributed by atoms with Crippen LogP contribution < -0.4 is 4.31 Å². The maximum Gasteiger partial charge on any atom is 0.264 e. The smallest absolute Gasteiger partial charge is 0.264 e. The van der Waals surface area contributed by atoms with E-state index in [1.54, 1.807) is 55.6 Å². The van der Waals surface area contributed by atoms with Gasteiger partial charge >= 0.3 is 0 Å². The monoisotopic (exact) mass is 260 g/mol.